The predicted molar refractivity (Wildman–Crippen MR) is 78.8 cm³/mol. The number of fused-ring (bicyclic) bond motifs is 1. The summed E-state index contributed by atoms with van der Waals surface area (Å²) in [4.78, 5) is 5.45. The van der Waals surface area contributed by atoms with E-state index in [1.54, 1.807) is 0 Å². The van der Waals surface area contributed by atoms with Gasteiger partial charge in [0.25, 0.3) is 0 Å². The molecule has 2 aliphatic rings. The van der Waals surface area contributed by atoms with Crippen molar-refractivity contribution < 1.29 is 0 Å². The molecule has 2 fully saturated rings. The Labute approximate surface area is 114 Å². The number of nitrogens with zero attached hydrogens (tertiary/aromatic N) is 2. The van der Waals surface area contributed by atoms with Gasteiger partial charge < -0.3 is 9.80 Å². The fourth-order valence-electron chi connectivity index (χ4n) is 3.81. The first-order valence-electron chi connectivity index (χ1n) is 8.06. The van der Waals surface area contributed by atoms with Gasteiger partial charge in [-0.15, -0.1) is 0 Å². The van der Waals surface area contributed by atoms with Crippen molar-refractivity contribution in [2.75, 3.05) is 32.7 Å². The first-order valence-corrected chi connectivity index (χ1v) is 8.06. The van der Waals surface area contributed by atoms with Crippen molar-refractivity contribution in [2.24, 2.45) is 17.8 Å². The molecule has 0 saturated carbocycles. The lowest BCUT2D eigenvalue weighted by molar-refractivity contribution is 0.0221. The van der Waals surface area contributed by atoms with Crippen LogP contribution >= 0.6 is 0 Å². The van der Waals surface area contributed by atoms with Gasteiger partial charge in [-0.2, -0.15) is 0 Å². The standard InChI is InChI=1S/C16H32N2/c1-5-14(4)18-9-7-15-6-8-17(10-13(2)3)11-16(15)12-18/h13-16H,5-12H2,1-4H3. The van der Waals surface area contributed by atoms with Crippen LogP contribution in [0.4, 0.5) is 0 Å². The summed E-state index contributed by atoms with van der Waals surface area (Å²) >= 11 is 0. The molecule has 2 saturated heterocycles. The highest BCUT2D eigenvalue weighted by Gasteiger charge is 2.34. The normalized spacial score (nSPS) is 32.5. The van der Waals surface area contributed by atoms with Crippen LogP contribution in [-0.2, 0) is 0 Å². The lowest BCUT2D eigenvalue weighted by Crippen LogP contribution is -2.52. The van der Waals surface area contributed by atoms with Gasteiger partial charge in [0.15, 0.2) is 0 Å². The summed E-state index contributed by atoms with van der Waals surface area (Å²) in [5.74, 6) is 2.78. The molecule has 18 heavy (non-hydrogen) atoms. The fraction of sp³-hybridized carbons (Fsp3) is 1.00. The number of rotatable bonds is 4. The van der Waals surface area contributed by atoms with E-state index in [1.165, 1.54) is 52.0 Å². The fourth-order valence-corrected chi connectivity index (χ4v) is 3.81. The van der Waals surface area contributed by atoms with Gasteiger partial charge in [0.2, 0.25) is 0 Å². The largest absolute Gasteiger partial charge is 0.303 e. The number of hydrogen-bond donors (Lipinski definition) is 0. The lowest BCUT2D eigenvalue weighted by atomic mass is 9.79. The van der Waals surface area contributed by atoms with Gasteiger partial charge in [0, 0.05) is 25.7 Å². The highest BCUT2D eigenvalue weighted by molar-refractivity contribution is 4.88. The molecule has 0 radical (unpaired) electrons. The Balaban J connectivity index is 1.87. The van der Waals surface area contributed by atoms with E-state index in [-0.39, 0.29) is 0 Å². The van der Waals surface area contributed by atoms with Gasteiger partial charge in [0.1, 0.15) is 0 Å². The molecule has 2 aliphatic heterocycles. The van der Waals surface area contributed by atoms with Gasteiger partial charge in [-0.1, -0.05) is 20.8 Å². The third-order valence-electron chi connectivity index (χ3n) is 5.07. The Bertz CT molecular complexity index is 251. The van der Waals surface area contributed by atoms with Crippen LogP contribution < -0.4 is 0 Å². The van der Waals surface area contributed by atoms with Crippen molar-refractivity contribution in [3.05, 3.63) is 0 Å². The molecule has 0 N–H and O–H groups in total. The summed E-state index contributed by atoms with van der Waals surface area (Å²) in [6.45, 7) is 16.1. The SMILES string of the molecule is CCC(C)N1CCC2CCN(CC(C)C)CC2C1. The predicted octanol–water partition coefficient (Wildman–Crippen LogP) is 3.08. The maximum absolute atomic E-state index is 2.74. The van der Waals surface area contributed by atoms with E-state index in [0.29, 0.717) is 0 Å². The molecule has 106 valence electrons. The Morgan fingerprint density at radius 2 is 1.72 bits per heavy atom. The van der Waals surface area contributed by atoms with Crippen molar-refractivity contribution in [3.63, 3.8) is 0 Å². The van der Waals surface area contributed by atoms with Crippen LogP contribution in [0.3, 0.4) is 0 Å². The van der Waals surface area contributed by atoms with Crippen molar-refractivity contribution >= 4 is 0 Å². The van der Waals surface area contributed by atoms with Gasteiger partial charge >= 0.3 is 0 Å². The molecule has 0 aliphatic carbocycles. The zero-order valence-corrected chi connectivity index (χ0v) is 12.9. The highest BCUT2D eigenvalue weighted by Crippen LogP contribution is 2.32. The minimum absolute atomic E-state index is 0.784. The van der Waals surface area contributed by atoms with E-state index >= 15 is 0 Å². The molecule has 0 spiro atoms. The summed E-state index contributed by atoms with van der Waals surface area (Å²) in [6.07, 6.45) is 4.20. The van der Waals surface area contributed by atoms with E-state index in [4.69, 9.17) is 0 Å². The van der Waals surface area contributed by atoms with Gasteiger partial charge in [-0.25, -0.2) is 0 Å². The van der Waals surface area contributed by atoms with Crippen LogP contribution in [0, 0.1) is 17.8 Å². The molecule has 2 nitrogen and oxygen atoms in total. The van der Waals surface area contributed by atoms with Crippen LogP contribution in [0.15, 0.2) is 0 Å². The molecule has 0 bridgehead atoms. The van der Waals surface area contributed by atoms with Gasteiger partial charge in [-0.05, 0) is 57.0 Å². The molecule has 0 aromatic rings. The number of piperidine rings is 2. The first-order chi connectivity index (χ1) is 8.60. The zero-order chi connectivity index (χ0) is 13.1. The van der Waals surface area contributed by atoms with Gasteiger partial charge in [0.05, 0.1) is 0 Å². The second kappa shape index (κ2) is 6.38. The lowest BCUT2D eigenvalue weighted by Gasteiger charge is -2.46. The average Bonchev–Trinajstić information content (AvgIpc) is 2.36. The summed E-state index contributed by atoms with van der Waals surface area (Å²) in [7, 11) is 0. The second-order valence-corrected chi connectivity index (χ2v) is 7.00. The molecule has 2 heterocycles. The van der Waals surface area contributed by atoms with E-state index < -0.39 is 0 Å². The Morgan fingerprint density at radius 1 is 1.00 bits per heavy atom. The molecule has 0 amide bonds. The van der Waals surface area contributed by atoms with E-state index in [2.05, 4.69) is 37.5 Å². The summed E-state index contributed by atoms with van der Waals surface area (Å²) in [6, 6.07) is 0.784. The van der Waals surface area contributed by atoms with Gasteiger partial charge in [-0.3, -0.25) is 0 Å². The van der Waals surface area contributed by atoms with Crippen molar-refractivity contribution in [2.45, 2.75) is 53.0 Å². The van der Waals surface area contributed by atoms with Crippen molar-refractivity contribution in [1.82, 2.24) is 9.80 Å². The summed E-state index contributed by atoms with van der Waals surface area (Å²) in [5, 5.41) is 0. The monoisotopic (exact) mass is 252 g/mol. The van der Waals surface area contributed by atoms with Crippen molar-refractivity contribution in [3.8, 4) is 0 Å². The van der Waals surface area contributed by atoms with E-state index in [9.17, 15) is 0 Å². The number of likely N-dealkylation sites (tertiary alicyclic amines) is 2. The minimum Gasteiger partial charge on any atom is -0.303 e. The molecular weight excluding hydrogens is 220 g/mol. The maximum atomic E-state index is 2.74. The third-order valence-corrected chi connectivity index (χ3v) is 5.07. The third kappa shape index (κ3) is 3.48. The Hall–Kier alpha value is -0.0800. The molecular formula is C16H32N2. The van der Waals surface area contributed by atoms with Crippen LogP contribution in [0.5, 0.6) is 0 Å². The summed E-state index contributed by atoms with van der Waals surface area (Å²) in [5.41, 5.74) is 0. The van der Waals surface area contributed by atoms with E-state index in [0.717, 1.165) is 23.8 Å². The second-order valence-electron chi connectivity index (χ2n) is 7.00. The maximum Gasteiger partial charge on any atom is 0.00644 e. The average molecular weight is 252 g/mol. The molecule has 0 aromatic heterocycles. The smallest absolute Gasteiger partial charge is 0.00644 e. The molecule has 2 rings (SSSR count). The van der Waals surface area contributed by atoms with Crippen molar-refractivity contribution in [1.29, 1.82) is 0 Å². The topological polar surface area (TPSA) is 6.48 Å². The summed E-state index contributed by atoms with van der Waals surface area (Å²) < 4.78 is 0. The molecule has 3 unspecified atom stereocenters. The molecule has 2 heteroatoms. The van der Waals surface area contributed by atoms with E-state index in [1.807, 2.05) is 0 Å². The number of hydrogen-bond acceptors (Lipinski definition) is 2. The molecule has 3 atom stereocenters. The van der Waals surface area contributed by atoms with Crippen LogP contribution in [-0.4, -0.2) is 48.6 Å². The minimum atomic E-state index is 0.784. The zero-order valence-electron chi connectivity index (χ0n) is 12.9. The molecule has 0 aromatic carbocycles. The quantitative estimate of drug-likeness (QED) is 0.758. The van der Waals surface area contributed by atoms with Crippen LogP contribution in [0.1, 0.15) is 47.0 Å². The Morgan fingerprint density at radius 3 is 2.39 bits per heavy atom. The Kier molecular flexibility index (Phi) is 5.08. The van der Waals surface area contributed by atoms with Crippen LogP contribution in [0.2, 0.25) is 0 Å². The highest BCUT2D eigenvalue weighted by atomic mass is 15.2. The van der Waals surface area contributed by atoms with Crippen LogP contribution in [0.25, 0.3) is 0 Å². The first kappa shape index (κ1) is 14.3.